The lowest BCUT2D eigenvalue weighted by Gasteiger charge is -2.27. The van der Waals surface area contributed by atoms with E-state index in [9.17, 15) is 14.4 Å². The fourth-order valence-electron chi connectivity index (χ4n) is 2.91. The van der Waals surface area contributed by atoms with Crippen LogP contribution in [0, 0.1) is 11.8 Å². The molecule has 134 valence electrons. The quantitative estimate of drug-likeness (QED) is 0.812. The second-order valence-electron chi connectivity index (χ2n) is 6.17. The van der Waals surface area contributed by atoms with Gasteiger partial charge in [0.1, 0.15) is 0 Å². The number of esters is 1. The summed E-state index contributed by atoms with van der Waals surface area (Å²) in [4.78, 5) is 38.0. The molecule has 1 heterocycles. The third-order valence-corrected chi connectivity index (χ3v) is 4.43. The van der Waals surface area contributed by atoms with E-state index >= 15 is 0 Å². The van der Waals surface area contributed by atoms with Gasteiger partial charge in [-0.3, -0.25) is 9.59 Å². The SMILES string of the molecule is CCOC(=O)c1ccc(NC(=O)C2CC2C(=O)N2CCOCC2)cc1. The zero-order valence-electron chi connectivity index (χ0n) is 14.2. The van der Waals surface area contributed by atoms with E-state index in [2.05, 4.69) is 5.32 Å². The van der Waals surface area contributed by atoms with Gasteiger partial charge in [0.15, 0.2) is 0 Å². The predicted octanol–water partition coefficient (Wildman–Crippen LogP) is 1.30. The summed E-state index contributed by atoms with van der Waals surface area (Å²) < 4.78 is 10.2. The number of nitrogens with zero attached hydrogens (tertiary/aromatic N) is 1. The lowest BCUT2D eigenvalue weighted by molar-refractivity contribution is -0.137. The molecule has 1 aliphatic heterocycles. The molecule has 2 atom stereocenters. The Kier molecular flexibility index (Phi) is 5.33. The van der Waals surface area contributed by atoms with Gasteiger partial charge in [0.05, 0.1) is 37.2 Å². The van der Waals surface area contributed by atoms with Gasteiger partial charge in [0, 0.05) is 18.8 Å². The van der Waals surface area contributed by atoms with Gasteiger partial charge in [-0.15, -0.1) is 0 Å². The van der Waals surface area contributed by atoms with E-state index in [0.29, 0.717) is 50.6 Å². The van der Waals surface area contributed by atoms with Crippen molar-refractivity contribution in [1.82, 2.24) is 4.90 Å². The summed E-state index contributed by atoms with van der Waals surface area (Å²) in [6.45, 7) is 4.37. The first kappa shape index (κ1) is 17.4. The first-order valence-corrected chi connectivity index (χ1v) is 8.54. The van der Waals surface area contributed by atoms with Crippen molar-refractivity contribution in [2.45, 2.75) is 13.3 Å². The first-order chi connectivity index (χ1) is 12.1. The molecule has 2 aliphatic rings. The molecule has 0 spiro atoms. The van der Waals surface area contributed by atoms with E-state index in [-0.39, 0.29) is 23.7 Å². The van der Waals surface area contributed by atoms with E-state index in [1.807, 2.05) is 0 Å². The summed E-state index contributed by atoms with van der Waals surface area (Å²) in [6.07, 6.45) is 0.586. The Morgan fingerprint density at radius 2 is 1.84 bits per heavy atom. The molecule has 2 amide bonds. The third kappa shape index (κ3) is 4.17. The molecule has 2 fully saturated rings. The maximum atomic E-state index is 12.3. The second kappa shape index (κ2) is 7.65. The average Bonchev–Trinajstić information content (AvgIpc) is 3.43. The van der Waals surface area contributed by atoms with Gasteiger partial charge in [-0.1, -0.05) is 0 Å². The number of carbonyl (C=O) groups excluding carboxylic acids is 3. The van der Waals surface area contributed by atoms with E-state index in [0.717, 1.165) is 0 Å². The number of anilines is 1. The lowest BCUT2D eigenvalue weighted by atomic mass is 10.2. The third-order valence-electron chi connectivity index (χ3n) is 4.43. The molecule has 25 heavy (non-hydrogen) atoms. The van der Waals surface area contributed by atoms with Crippen molar-refractivity contribution in [3.63, 3.8) is 0 Å². The molecule has 0 radical (unpaired) electrons. The highest BCUT2D eigenvalue weighted by Gasteiger charge is 2.49. The summed E-state index contributed by atoms with van der Waals surface area (Å²) >= 11 is 0. The molecule has 1 aromatic carbocycles. The molecular weight excluding hydrogens is 324 g/mol. The molecule has 7 nitrogen and oxygen atoms in total. The number of carbonyl (C=O) groups is 3. The Labute approximate surface area is 146 Å². The van der Waals surface area contributed by atoms with Crippen LogP contribution in [0.1, 0.15) is 23.7 Å². The number of hydrogen-bond acceptors (Lipinski definition) is 5. The normalized spacial score (nSPS) is 22.2. The number of nitrogens with one attached hydrogen (secondary N) is 1. The van der Waals surface area contributed by atoms with Gasteiger partial charge in [-0.25, -0.2) is 4.79 Å². The van der Waals surface area contributed by atoms with Crippen LogP contribution >= 0.6 is 0 Å². The molecule has 0 bridgehead atoms. The molecule has 2 unspecified atom stereocenters. The summed E-state index contributed by atoms with van der Waals surface area (Å²) in [5.41, 5.74) is 1.04. The maximum Gasteiger partial charge on any atom is 0.338 e. The van der Waals surface area contributed by atoms with Gasteiger partial charge in [0.25, 0.3) is 0 Å². The summed E-state index contributed by atoms with van der Waals surface area (Å²) in [5, 5.41) is 2.80. The number of morpholine rings is 1. The Hall–Kier alpha value is -2.41. The van der Waals surface area contributed by atoms with E-state index in [1.165, 1.54) is 0 Å². The zero-order valence-corrected chi connectivity index (χ0v) is 14.2. The molecule has 7 heteroatoms. The predicted molar refractivity (Wildman–Crippen MR) is 90.0 cm³/mol. The number of hydrogen-bond donors (Lipinski definition) is 1. The van der Waals surface area contributed by atoms with Crippen LogP contribution in [0.25, 0.3) is 0 Å². The molecule has 1 saturated heterocycles. The van der Waals surface area contributed by atoms with Gasteiger partial charge < -0.3 is 19.7 Å². The maximum absolute atomic E-state index is 12.3. The largest absolute Gasteiger partial charge is 0.462 e. The van der Waals surface area contributed by atoms with Crippen LogP contribution in [0.15, 0.2) is 24.3 Å². The van der Waals surface area contributed by atoms with Crippen molar-refractivity contribution >= 4 is 23.5 Å². The number of ether oxygens (including phenoxy) is 2. The van der Waals surface area contributed by atoms with Gasteiger partial charge in [-0.05, 0) is 37.6 Å². The highest BCUT2D eigenvalue weighted by Crippen LogP contribution is 2.41. The molecule has 3 rings (SSSR count). The van der Waals surface area contributed by atoms with E-state index in [1.54, 1.807) is 36.1 Å². The van der Waals surface area contributed by atoms with Crippen molar-refractivity contribution in [3.05, 3.63) is 29.8 Å². The minimum atomic E-state index is -0.390. The highest BCUT2D eigenvalue weighted by molar-refractivity contribution is 6.00. The second-order valence-corrected chi connectivity index (χ2v) is 6.17. The van der Waals surface area contributed by atoms with Crippen LogP contribution < -0.4 is 5.32 Å². The van der Waals surface area contributed by atoms with Crippen LogP contribution in [-0.4, -0.2) is 55.6 Å². The van der Waals surface area contributed by atoms with Crippen LogP contribution in [0.4, 0.5) is 5.69 Å². The van der Waals surface area contributed by atoms with Crippen LogP contribution in [-0.2, 0) is 19.1 Å². The molecule has 1 aromatic rings. The molecular formula is C18H22N2O5. The number of benzene rings is 1. The van der Waals surface area contributed by atoms with Crippen LogP contribution in [0.3, 0.4) is 0 Å². The fraction of sp³-hybridized carbons (Fsp3) is 0.500. The van der Waals surface area contributed by atoms with Crippen molar-refractivity contribution < 1.29 is 23.9 Å². The van der Waals surface area contributed by atoms with Crippen molar-refractivity contribution in [1.29, 1.82) is 0 Å². The number of rotatable bonds is 5. The Morgan fingerprint density at radius 1 is 1.16 bits per heavy atom. The molecule has 0 aromatic heterocycles. The lowest BCUT2D eigenvalue weighted by Crippen LogP contribution is -2.42. The summed E-state index contributed by atoms with van der Waals surface area (Å²) in [7, 11) is 0. The van der Waals surface area contributed by atoms with E-state index in [4.69, 9.17) is 9.47 Å². The molecule has 1 saturated carbocycles. The van der Waals surface area contributed by atoms with Crippen molar-refractivity contribution in [2.75, 3.05) is 38.2 Å². The van der Waals surface area contributed by atoms with Gasteiger partial charge in [-0.2, -0.15) is 0 Å². The first-order valence-electron chi connectivity index (χ1n) is 8.54. The monoisotopic (exact) mass is 346 g/mol. The molecule has 1 N–H and O–H groups in total. The topological polar surface area (TPSA) is 84.9 Å². The highest BCUT2D eigenvalue weighted by atomic mass is 16.5. The van der Waals surface area contributed by atoms with Crippen molar-refractivity contribution in [2.24, 2.45) is 11.8 Å². The Morgan fingerprint density at radius 3 is 2.48 bits per heavy atom. The van der Waals surface area contributed by atoms with Crippen LogP contribution in [0.2, 0.25) is 0 Å². The summed E-state index contributed by atoms with van der Waals surface area (Å²) in [6, 6.07) is 6.53. The average molecular weight is 346 g/mol. The van der Waals surface area contributed by atoms with Gasteiger partial charge >= 0.3 is 5.97 Å². The minimum absolute atomic E-state index is 0.0427. The standard InChI is InChI=1S/C18H22N2O5/c1-2-25-18(23)12-3-5-13(6-4-12)19-16(21)14-11-15(14)17(22)20-7-9-24-10-8-20/h3-6,14-15H,2,7-11H2,1H3,(H,19,21). The van der Waals surface area contributed by atoms with Crippen LogP contribution in [0.5, 0.6) is 0 Å². The smallest absolute Gasteiger partial charge is 0.338 e. The minimum Gasteiger partial charge on any atom is -0.462 e. The van der Waals surface area contributed by atoms with E-state index < -0.39 is 5.97 Å². The van der Waals surface area contributed by atoms with Gasteiger partial charge in [0.2, 0.25) is 11.8 Å². The van der Waals surface area contributed by atoms with Crippen molar-refractivity contribution in [3.8, 4) is 0 Å². The molecule has 1 aliphatic carbocycles. The Balaban J connectivity index is 1.51. The Bertz CT molecular complexity index is 652. The fourth-order valence-corrected chi connectivity index (χ4v) is 2.91. The summed E-state index contributed by atoms with van der Waals surface area (Å²) in [5.74, 6) is -1.01. The zero-order chi connectivity index (χ0) is 17.8. The number of amides is 2.